The van der Waals surface area contributed by atoms with E-state index >= 15 is 0 Å². The smallest absolute Gasteiger partial charge is 0.133 e. The van der Waals surface area contributed by atoms with Gasteiger partial charge in [0.05, 0.1) is 19.3 Å². The average molecular weight is 200 g/mol. The van der Waals surface area contributed by atoms with Crippen LogP contribution in [0.2, 0.25) is 0 Å². The molecule has 0 amide bonds. The van der Waals surface area contributed by atoms with Crippen LogP contribution in [0, 0.1) is 0 Å². The van der Waals surface area contributed by atoms with Gasteiger partial charge in [-0.25, -0.2) is 0 Å². The Balaban J connectivity index is 2.28. The predicted molar refractivity (Wildman–Crippen MR) is 55.4 cm³/mol. The number of carbonyl (C=O) groups excluding carboxylic acids is 1. The van der Waals surface area contributed by atoms with Gasteiger partial charge < -0.3 is 20.2 Å². The normalized spacial score (nSPS) is 23.4. The Morgan fingerprint density at radius 2 is 2.43 bits per heavy atom. The van der Waals surface area contributed by atoms with Gasteiger partial charge in [0.2, 0.25) is 0 Å². The summed E-state index contributed by atoms with van der Waals surface area (Å²) in [7, 11) is 0. The van der Waals surface area contributed by atoms with Crippen molar-refractivity contribution in [2.45, 2.75) is 31.9 Å². The highest BCUT2D eigenvalue weighted by molar-refractivity contribution is 5.52. The molecule has 0 spiro atoms. The van der Waals surface area contributed by atoms with E-state index in [1.165, 1.54) is 0 Å². The summed E-state index contributed by atoms with van der Waals surface area (Å²) in [6.45, 7) is 7.23. The van der Waals surface area contributed by atoms with Crippen molar-refractivity contribution in [3.63, 3.8) is 0 Å². The van der Waals surface area contributed by atoms with Crippen LogP contribution in [-0.4, -0.2) is 44.2 Å². The fourth-order valence-electron chi connectivity index (χ4n) is 1.71. The molecule has 0 aromatic rings. The first-order valence-corrected chi connectivity index (χ1v) is 5.15. The predicted octanol–water partition coefficient (Wildman–Crippen LogP) is -0.0680. The van der Waals surface area contributed by atoms with Crippen molar-refractivity contribution in [2.24, 2.45) is 0 Å². The molecular formula is C10H20N2O2. The topological polar surface area (TPSA) is 50.4 Å². The molecule has 1 saturated heterocycles. The second-order valence-electron chi connectivity index (χ2n) is 4.33. The molecule has 4 nitrogen and oxygen atoms in total. The molecule has 0 radical (unpaired) electrons. The van der Waals surface area contributed by atoms with Gasteiger partial charge in [0, 0.05) is 18.6 Å². The van der Waals surface area contributed by atoms with Gasteiger partial charge in [0.1, 0.15) is 6.29 Å². The summed E-state index contributed by atoms with van der Waals surface area (Å²) in [5, 5.41) is 6.47. The summed E-state index contributed by atoms with van der Waals surface area (Å²) in [6, 6.07) is 0. The summed E-state index contributed by atoms with van der Waals surface area (Å²) in [4.78, 5) is 10.2. The van der Waals surface area contributed by atoms with Crippen LogP contribution in [0.1, 0.15) is 20.3 Å². The first-order valence-electron chi connectivity index (χ1n) is 5.15. The third-order valence-corrected chi connectivity index (χ3v) is 2.41. The van der Waals surface area contributed by atoms with E-state index in [2.05, 4.69) is 24.5 Å². The van der Waals surface area contributed by atoms with Crippen molar-refractivity contribution in [1.29, 1.82) is 0 Å². The minimum Gasteiger partial charge on any atom is -0.376 e. The summed E-state index contributed by atoms with van der Waals surface area (Å²) < 4.78 is 5.60. The monoisotopic (exact) mass is 200 g/mol. The minimum atomic E-state index is -0.0371. The lowest BCUT2D eigenvalue weighted by atomic mass is 9.96. The van der Waals surface area contributed by atoms with Crippen LogP contribution < -0.4 is 10.6 Å². The zero-order valence-electron chi connectivity index (χ0n) is 9.01. The van der Waals surface area contributed by atoms with Crippen LogP contribution in [0.25, 0.3) is 0 Å². The number of ether oxygens (including phenoxy) is 1. The zero-order valence-corrected chi connectivity index (χ0v) is 9.01. The van der Waals surface area contributed by atoms with Crippen LogP contribution in [0.5, 0.6) is 0 Å². The maximum absolute atomic E-state index is 10.2. The van der Waals surface area contributed by atoms with Crippen LogP contribution in [0.4, 0.5) is 0 Å². The number of hydrogen-bond donors (Lipinski definition) is 2. The second kappa shape index (κ2) is 5.44. The molecule has 1 fully saturated rings. The van der Waals surface area contributed by atoms with E-state index in [1.54, 1.807) is 0 Å². The summed E-state index contributed by atoms with van der Waals surface area (Å²) >= 11 is 0. The Kier molecular flexibility index (Phi) is 4.51. The van der Waals surface area contributed by atoms with E-state index in [-0.39, 0.29) is 11.6 Å². The molecule has 0 aromatic carbocycles. The molecule has 4 heteroatoms. The van der Waals surface area contributed by atoms with Crippen molar-refractivity contribution >= 4 is 6.29 Å². The summed E-state index contributed by atoms with van der Waals surface area (Å²) in [6.07, 6.45) is 2.08. The third-order valence-electron chi connectivity index (χ3n) is 2.41. The molecule has 82 valence electrons. The molecule has 1 aliphatic rings. The highest BCUT2D eigenvalue weighted by atomic mass is 16.5. The van der Waals surface area contributed by atoms with Crippen molar-refractivity contribution in [2.75, 3.05) is 26.2 Å². The fraction of sp³-hybridized carbons (Fsp3) is 0.900. The number of rotatable bonds is 5. The molecule has 1 unspecified atom stereocenters. The number of hydrogen-bond acceptors (Lipinski definition) is 4. The Morgan fingerprint density at radius 3 is 3.00 bits per heavy atom. The first-order chi connectivity index (χ1) is 6.64. The first kappa shape index (κ1) is 11.6. The van der Waals surface area contributed by atoms with Crippen LogP contribution in [-0.2, 0) is 9.53 Å². The van der Waals surface area contributed by atoms with Gasteiger partial charge >= 0.3 is 0 Å². The highest BCUT2D eigenvalue weighted by Crippen LogP contribution is 2.14. The molecule has 0 bridgehead atoms. The molecule has 1 rings (SSSR count). The SMILES string of the molecule is CC(C)(CC1CNCCO1)NCC=O. The molecule has 0 aromatic heterocycles. The van der Waals surface area contributed by atoms with E-state index < -0.39 is 0 Å². The second-order valence-corrected chi connectivity index (χ2v) is 4.33. The summed E-state index contributed by atoms with van der Waals surface area (Å²) in [5.74, 6) is 0. The molecular weight excluding hydrogens is 180 g/mol. The van der Waals surface area contributed by atoms with Gasteiger partial charge in [-0.05, 0) is 20.3 Å². The lowest BCUT2D eigenvalue weighted by Crippen LogP contribution is -2.48. The van der Waals surface area contributed by atoms with Gasteiger partial charge in [-0.15, -0.1) is 0 Å². The van der Waals surface area contributed by atoms with Gasteiger partial charge in [-0.3, -0.25) is 0 Å². The van der Waals surface area contributed by atoms with Crippen LogP contribution in [0.3, 0.4) is 0 Å². The van der Waals surface area contributed by atoms with Crippen molar-refractivity contribution < 1.29 is 9.53 Å². The van der Waals surface area contributed by atoms with Crippen molar-refractivity contribution in [3.8, 4) is 0 Å². The Morgan fingerprint density at radius 1 is 1.64 bits per heavy atom. The molecule has 1 heterocycles. The lowest BCUT2D eigenvalue weighted by Gasteiger charge is -2.32. The molecule has 1 atom stereocenters. The zero-order chi connectivity index (χ0) is 10.4. The van der Waals surface area contributed by atoms with Crippen LogP contribution in [0.15, 0.2) is 0 Å². The minimum absolute atomic E-state index is 0.0371. The molecule has 2 N–H and O–H groups in total. The van der Waals surface area contributed by atoms with Gasteiger partial charge in [-0.1, -0.05) is 0 Å². The molecule has 1 aliphatic heterocycles. The maximum Gasteiger partial charge on any atom is 0.133 e. The standard InChI is InChI=1S/C10H20N2O2/c1-10(2,12-3-5-13)7-9-8-11-4-6-14-9/h5,9,11-12H,3-4,6-8H2,1-2H3. The molecule has 0 saturated carbocycles. The number of aldehydes is 1. The van der Waals surface area contributed by atoms with E-state index in [4.69, 9.17) is 4.74 Å². The Bertz CT molecular complexity index is 177. The van der Waals surface area contributed by atoms with E-state index in [0.717, 1.165) is 32.4 Å². The van der Waals surface area contributed by atoms with Gasteiger partial charge in [0.25, 0.3) is 0 Å². The largest absolute Gasteiger partial charge is 0.376 e. The van der Waals surface area contributed by atoms with Crippen molar-refractivity contribution in [3.05, 3.63) is 0 Å². The van der Waals surface area contributed by atoms with Crippen molar-refractivity contribution in [1.82, 2.24) is 10.6 Å². The van der Waals surface area contributed by atoms with Gasteiger partial charge in [0.15, 0.2) is 0 Å². The van der Waals surface area contributed by atoms with E-state index in [9.17, 15) is 4.79 Å². The number of morpholine rings is 1. The quantitative estimate of drug-likeness (QED) is 0.610. The third kappa shape index (κ3) is 4.17. The highest BCUT2D eigenvalue weighted by Gasteiger charge is 2.24. The Labute approximate surface area is 85.4 Å². The van der Waals surface area contributed by atoms with E-state index in [0.29, 0.717) is 6.54 Å². The number of nitrogens with one attached hydrogen (secondary N) is 2. The Hall–Kier alpha value is -0.450. The number of carbonyl (C=O) groups is 1. The lowest BCUT2D eigenvalue weighted by molar-refractivity contribution is -0.107. The fourth-order valence-corrected chi connectivity index (χ4v) is 1.71. The summed E-state index contributed by atoms with van der Waals surface area (Å²) in [5.41, 5.74) is -0.0371. The maximum atomic E-state index is 10.2. The van der Waals surface area contributed by atoms with Crippen LogP contribution >= 0.6 is 0 Å². The van der Waals surface area contributed by atoms with Gasteiger partial charge in [-0.2, -0.15) is 0 Å². The molecule has 0 aliphatic carbocycles. The molecule has 14 heavy (non-hydrogen) atoms. The van der Waals surface area contributed by atoms with E-state index in [1.807, 2.05) is 0 Å². The average Bonchev–Trinajstić information content (AvgIpc) is 2.16.